The minimum Gasteiger partial charge on any atom is -0.193 e. The average molecular weight is 592 g/mol. The molecule has 0 N–H and O–H groups in total. The van der Waals surface area contributed by atoms with Gasteiger partial charge in [-0.1, -0.05) is 70.2 Å². The molecule has 3 nitrogen and oxygen atoms in total. The van der Waals surface area contributed by atoms with Crippen LogP contribution < -0.4 is 0 Å². The number of halogens is 6. The predicted molar refractivity (Wildman–Crippen MR) is 137 cm³/mol. The van der Waals surface area contributed by atoms with Crippen molar-refractivity contribution in [2.24, 2.45) is 13.5 Å². The molecule has 0 bridgehead atoms. The first-order valence-corrected chi connectivity index (χ1v) is 20.2. The number of rotatable bonds is 6. The molecular formula is C14H12Cl6N3P3S2. The number of hydrogen-bond donors (Lipinski definition) is 0. The van der Waals surface area contributed by atoms with Gasteiger partial charge in [0.05, 0.1) is 0 Å². The van der Waals surface area contributed by atoms with Crippen molar-refractivity contribution in [1.82, 2.24) is 0 Å². The minimum absolute atomic E-state index is 0.646. The van der Waals surface area contributed by atoms with Crippen molar-refractivity contribution in [3.05, 3.63) is 69.7 Å². The molecule has 152 valence electrons. The van der Waals surface area contributed by atoms with Gasteiger partial charge in [0, 0.05) is 21.6 Å². The highest BCUT2D eigenvalue weighted by molar-refractivity contribution is 8.91. The van der Waals surface area contributed by atoms with E-state index in [4.69, 9.17) is 68.2 Å². The summed E-state index contributed by atoms with van der Waals surface area (Å²) in [5, 5.41) is 1.36. The van der Waals surface area contributed by atoms with Crippen molar-refractivity contribution in [1.29, 1.82) is 0 Å². The number of benzene rings is 2. The molecule has 0 fully saturated rings. The molecular weight excluding hydrogens is 580 g/mol. The highest BCUT2D eigenvalue weighted by Gasteiger charge is 2.34. The first-order chi connectivity index (χ1) is 13.1. The topological polar surface area (TPSA) is 37.1 Å². The summed E-state index contributed by atoms with van der Waals surface area (Å²) >= 11 is 40.5. The number of hydrogen-bond acceptors (Lipinski definition) is 5. The molecule has 1 heterocycles. The third-order valence-corrected chi connectivity index (χ3v) is 22.8. The van der Waals surface area contributed by atoms with Crippen LogP contribution in [0.1, 0.15) is 11.1 Å². The highest BCUT2D eigenvalue weighted by atomic mass is 35.9. The first-order valence-electron chi connectivity index (χ1n) is 7.55. The van der Waals surface area contributed by atoms with Crippen molar-refractivity contribution < 1.29 is 0 Å². The van der Waals surface area contributed by atoms with Gasteiger partial charge in [0.15, 0.2) is 5.61 Å². The first kappa shape index (κ1) is 24.2. The van der Waals surface area contributed by atoms with Crippen LogP contribution >= 0.6 is 108 Å². The Kier molecular flexibility index (Phi) is 8.66. The van der Waals surface area contributed by atoms with Crippen LogP contribution in [0.4, 0.5) is 0 Å². The molecule has 14 heteroatoms. The molecule has 0 saturated carbocycles. The van der Waals surface area contributed by atoms with Crippen LogP contribution in [-0.2, 0) is 11.5 Å². The third kappa shape index (κ3) is 7.32. The van der Waals surface area contributed by atoms with E-state index in [1.54, 1.807) is 22.8 Å². The second-order valence-electron chi connectivity index (χ2n) is 5.47. The fourth-order valence-corrected chi connectivity index (χ4v) is 29.4. The zero-order chi connectivity index (χ0) is 20.4. The summed E-state index contributed by atoms with van der Waals surface area (Å²) in [6.45, 7) is 0. The largest absolute Gasteiger partial charge is 0.257 e. The summed E-state index contributed by atoms with van der Waals surface area (Å²) in [6.07, 6.45) is 0. The molecule has 0 aliphatic carbocycles. The van der Waals surface area contributed by atoms with Crippen LogP contribution in [0.15, 0.2) is 62.1 Å². The van der Waals surface area contributed by atoms with Crippen molar-refractivity contribution >= 4 is 108 Å². The standard InChI is InChI=1S/C14H12Cl6N3P3S2/c15-13-5-1-11(2-6-13)9-27-26(22-24(17,18)21-25(19,20)23-26)28-10-12-3-7-14(16)8-4-12/h1-8H,9-10H2. The molecule has 0 atom stereocenters. The van der Waals surface area contributed by atoms with Gasteiger partial charge in [-0.15, -0.1) is 0 Å². The molecule has 1 aliphatic rings. The number of nitrogens with zero attached hydrogens (tertiary/aromatic N) is 3. The van der Waals surface area contributed by atoms with Crippen LogP contribution in [0.5, 0.6) is 0 Å². The van der Waals surface area contributed by atoms with Crippen LogP contribution in [-0.4, -0.2) is 0 Å². The van der Waals surface area contributed by atoms with Crippen molar-refractivity contribution in [3.8, 4) is 0 Å². The van der Waals surface area contributed by atoms with Gasteiger partial charge in [-0.3, -0.25) is 0 Å². The Hall–Kier alpha value is 1.57. The Morgan fingerprint density at radius 3 is 1.39 bits per heavy atom. The normalized spacial score (nSPS) is 19.2. The lowest BCUT2D eigenvalue weighted by molar-refractivity contribution is 1.42. The molecule has 0 aromatic heterocycles. The van der Waals surface area contributed by atoms with Gasteiger partial charge >= 0.3 is 0 Å². The van der Waals surface area contributed by atoms with Crippen LogP contribution in [0.2, 0.25) is 10.0 Å². The molecule has 1 aliphatic heterocycles. The van der Waals surface area contributed by atoms with Crippen LogP contribution in [0.25, 0.3) is 0 Å². The maximum atomic E-state index is 6.35. The van der Waals surface area contributed by atoms with E-state index in [0.717, 1.165) is 11.1 Å². The van der Waals surface area contributed by atoms with E-state index in [1.807, 2.05) is 48.5 Å². The van der Waals surface area contributed by atoms with Crippen molar-refractivity contribution in [2.75, 3.05) is 0 Å². The average Bonchev–Trinajstić information content (AvgIpc) is 2.58. The lowest BCUT2D eigenvalue weighted by atomic mass is 10.2. The highest BCUT2D eigenvalue weighted by Crippen LogP contribution is 2.91. The minimum atomic E-state index is -2.99. The van der Waals surface area contributed by atoms with E-state index in [0.29, 0.717) is 21.6 Å². The molecule has 0 unspecified atom stereocenters. The van der Waals surface area contributed by atoms with E-state index in [1.165, 1.54) is 0 Å². The molecule has 2 aromatic rings. The Morgan fingerprint density at radius 2 is 1.00 bits per heavy atom. The van der Waals surface area contributed by atoms with E-state index in [2.05, 4.69) is 13.5 Å². The SMILES string of the molecule is Clc1ccc(CSP2(SCc3ccc(Cl)cc3)=NP(Cl)(Cl)=NP(Cl)(Cl)=N2)cc1. The second-order valence-corrected chi connectivity index (χ2v) is 24.4. The predicted octanol–water partition coefficient (Wildman–Crippen LogP) is 12.0. The van der Waals surface area contributed by atoms with Crippen molar-refractivity contribution in [2.45, 2.75) is 11.5 Å². The smallest absolute Gasteiger partial charge is 0.193 e. The summed E-state index contributed by atoms with van der Waals surface area (Å²) in [5.74, 6) is -4.68. The van der Waals surface area contributed by atoms with Crippen molar-refractivity contribution in [3.63, 3.8) is 0 Å². The Bertz CT molecular complexity index is 957. The quantitative estimate of drug-likeness (QED) is 0.313. The molecule has 0 radical (unpaired) electrons. The Labute approximate surface area is 201 Å². The Balaban J connectivity index is 1.91. The summed E-state index contributed by atoms with van der Waals surface area (Å²) < 4.78 is 13.4. The molecule has 28 heavy (non-hydrogen) atoms. The van der Waals surface area contributed by atoms with Crippen LogP contribution in [0, 0.1) is 0 Å². The molecule has 3 rings (SSSR count). The summed E-state index contributed by atoms with van der Waals surface area (Å²) in [5.41, 5.74) is -0.336. The third-order valence-electron chi connectivity index (χ3n) is 3.28. The maximum Gasteiger partial charge on any atom is 0.257 e. The van der Waals surface area contributed by atoms with E-state index < -0.39 is 17.4 Å². The zero-order valence-electron chi connectivity index (χ0n) is 13.8. The van der Waals surface area contributed by atoms with Gasteiger partial charge in [0.2, 0.25) is 0 Å². The molecule has 2 aromatic carbocycles. The molecule has 0 spiro atoms. The van der Waals surface area contributed by atoms with Gasteiger partial charge in [-0.2, -0.15) is 13.5 Å². The van der Waals surface area contributed by atoms with E-state index in [-0.39, 0.29) is 0 Å². The summed E-state index contributed by atoms with van der Waals surface area (Å²) in [4.78, 5) is 0. The van der Waals surface area contributed by atoms with E-state index >= 15 is 0 Å². The molecule has 0 saturated heterocycles. The van der Waals surface area contributed by atoms with Gasteiger partial charge in [0.25, 0.3) is 11.8 Å². The monoisotopic (exact) mass is 589 g/mol. The van der Waals surface area contributed by atoms with Gasteiger partial charge in [-0.05, 0) is 80.4 Å². The van der Waals surface area contributed by atoms with Gasteiger partial charge < -0.3 is 0 Å². The Morgan fingerprint density at radius 1 is 0.607 bits per heavy atom. The summed E-state index contributed by atoms with van der Waals surface area (Å²) in [7, 11) is 0. The van der Waals surface area contributed by atoms with Crippen LogP contribution in [0.3, 0.4) is 0 Å². The zero-order valence-corrected chi connectivity index (χ0v) is 22.7. The lowest BCUT2D eigenvalue weighted by Crippen LogP contribution is -1.83. The van der Waals surface area contributed by atoms with Gasteiger partial charge in [-0.25, -0.2) is 0 Å². The fraction of sp³-hybridized carbons (Fsp3) is 0.143. The van der Waals surface area contributed by atoms with E-state index in [9.17, 15) is 0 Å². The fourth-order valence-electron chi connectivity index (χ4n) is 2.07. The maximum absolute atomic E-state index is 6.35. The summed E-state index contributed by atoms with van der Waals surface area (Å²) in [6, 6.07) is 15.2. The van der Waals surface area contributed by atoms with Gasteiger partial charge in [0.1, 0.15) is 0 Å². The lowest BCUT2D eigenvalue weighted by Gasteiger charge is -2.25. The molecule has 0 amide bonds. The second kappa shape index (κ2) is 10.0.